The van der Waals surface area contributed by atoms with Crippen molar-refractivity contribution in [2.45, 2.75) is 37.3 Å². The zero-order valence-electron chi connectivity index (χ0n) is 19.9. The van der Waals surface area contributed by atoms with E-state index in [1.54, 1.807) is 11.2 Å². The van der Waals surface area contributed by atoms with Gasteiger partial charge in [-0.1, -0.05) is 24.3 Å². The Morgan fingerprint density at radius 1 is 1.08 bits per heavy atom. The summed E-state index contributed by atoms with van der Waals surface area (Å²) >= 11 is 0. The first-order valence-electron chi connectivity index (χ1n) is 11.7. The molecule has 0 radical (unpaired) electrons. The standard InChI is InChI=1S/C26H23F5N6O/c27-20-5-7-22(23(28)10-20)25(38,14-37-16-32-15-34-37)13-36-12-18-9-21(6-8-24(18)35-36)33-11-17-1-3-19(4-2-17)26(29,30)31/h1-8,10,12,15-16,24,35,38H,9,11,13-14H2. The maximum Gasteiger partial charge on any atom is 0.416 e. The fourth-order valence-electron chi connectivity index (χ4n) is 4.52. The number of hydrogen-bond acceptors (Lipinski definition) is 6. The average molecular weight is 531 g/mol. The van der Waals surface area contributed by atoms with Gasteiger partial charge in [0.05, 0.1) is 31.2 Å². The van der Waals surface area contributed by atoms with Gasteiger partial charge in [-0.05, 0) is 35.4 Å². The number of allylic oxidation sites excluding steroid dienone is 1. The quantitative estimate of drug-likeness (QED) is 0.449. The Kier molecular flexibility index (Phi) is 6.84. The first-order valence-corrected chi connectivity index (χ1v) is 11.7. The molecule has 3 aromatic rings. The van der Waals surface area contributed by atoms with Crippen LogP contribution in [0.1, 0.15) is 23.1 Å². The largest absolute Gasteiger partial charge is 0.416 e. The highest BCUT2D eigenvalue weighted by molar-refractivity contribution is 5.98. The molecule has 0 amide bonds. The summed E-state index contributed by atoms with van der Waals surface area (Å²) in [6, 6.07) is 7.73. The number of hydrogen-bond donors (Lipinski definition) is 2. The van der Waals surface area contributed by atoms with Gasteiger partial charge in [-0.15, -0.1) is 0 Å². The molecule has 0 fully saturated rings. The topological polar surface area (TPSA) is 78.6 Å². The Morgan fingerprint density at radius 3 is 2.55 bits per heavy atom. The zero-order chi connectivity index (χ0) is 26.9. The van der Waals surface area contributed by atoms with Crippen molar-refractivity contribution >= 4 is 5.71 Å². The van der Waals surface area contributed by atoms with E-state index in [1.165, 1.54) is 35.5 Å². The van der Waals surface area contributed by atoms with Gasteiger partial charge in [0.15, 0.2) is 0 Å². The third-order valence-corrected chi connectivity index (χ3v) is 6.39. The highest BCUT2D eigenvalue weighted by Gasteiger charge is 2.38. The van der Waals surface area contributed by atoms with Crippen LogP contribution >= 0.6 is 0 Å². The minimum atomic E-state index is -4.39. The van der Waals surface area contributed by atoms with Crippen LogP contribution in [-0.4, -0.2) is 43.2 Å². The smallest absolute Gasteiger partial charge is 0.381 e. The Labute approximate surface area is 214 Å². The lowest BCUT2D eigenvalue weighted by Gasteiger charge is -2.33. The lowest BCUT2D eigenvalue weighted by Crippen LogP contribution is -2.47. The molecular weight excluding hydrogens is 507 g/mol. The lowest BCUT2D eigenvalue weighted by atomic mass is 9.92. The van der Waals surface area contributed by atoms with Gasteiger partial charge in [0.1, 0.15) is 29.9 Å². The molecule has 12 heteroatoms. The van der Waals surface area contributed by atoms with Crippen molar-refractivity contribution in [3.63, 3.8) is 0 Å². The molecule has 2 heterocycles. The van der Waals surface area contributed by atoms with Crippen LogP contribution in [0.4, 0.5) is 22.0 Å². The van der Waals surface area contributed by atoms with Crippen molar-refractivity contribution in [2.75, 3.05) is 6.54 Å². The zero-order valence-corrected chi connectivity index (χ0v) is 19.9. The molecule has 1 aromatic heterocycles. The van der Waals surface area contributed by atoms with Gasteiger partial charge in [0.25, 0.3) is 0 Å². The molecule has 0 saturated heterocycles. The van der Waals surface area contributed by atoms with Gasteiger partial charge < -0.3 is 10.1 Å². The third-order valence-electron chi connectivity index (χ3n) is 6.39. The second-order valence-corrected chi connectivity index (χ2v) is 9.23. The van der Waals surface area contributed by atoms with Crippen molar-refractivity contribution in [1.29, 1.82) is 0 Å². The van der Waals surface area contributed by atoms with Crippen molar-refractivity contribution < 1.29 is 27.1 Å². The number of nitrogens with one attached hydrogen (secondary N) is 1. The number of hydrazine groups is 1. The summed E-state index contributed by atoms with van der Waals surface area (Å²) in [7, 11) is 0. The van der Waals surface area contributed by atoms with Gasteiger partial charge in [0, 0.05) is 30.0 Å². The average Bonchev–Trinajstić information content (AvgIpc) is 3.51. The first-order chi connectivity index (χ1) is 18.1. The molecule has 0 saturated carbocycles. The number of nitrogens with zero attached hydrogens (tertiary/aromatic N) is 5. The summed E-state index contributed by atoms with van der Waals surface area (Å²) in [5, 5.41) is 17.2. The summed E-state index contributed by atoms with van der Waals surface area (Å²) in [5.74, 6) is -1.63. The van der Waals surface area contributed by atoms with E-state index in [0.717, 1.165) is 35.6 Å². The minimum Gasteiger partial charge on any atom is -0.381 e. The van der Waals surface area contributed by atoms with Crippen LogP contribution in [0.2, 0.25) is 0 Å². The fourth-order valence-corrected chi connectivity index (χ4v) is 4.52. The Bertz CT molecular complexity index is 1380. The van der Waals surface area contributed by atoms with Gasteiger partial charge in [-0.25, -0.2) is 23.9 Å². The van der Waals surface area contributed by atoms with Gasteiger partial charge in [-0.2, -0.15) is 18.3 Å². The van der Waals surface area contributed by atoms with Crippen LogP contribution in [-0.2, 0) is 24.9 Å². The molecule has 0 bridgehead atoms. The monoisotopic (exact) mass is 530 g/mol. The maximum absolute atomic E-state index is 14.7. The summed E-state index contributed by atoms with van der Waals surface area (Å²) in [5.41, 5.74) is 3.00. The second-order valence-electron chi connectivity index (χ2n) is 9.23. The van der Waals surface area contributed by atoms with E-state index >= 15 is 0 Å². The summed E-state index contributed by atoms with van der Waals surface area (Å²) in [6.45, 7) is 0.0208. The number of fused-ring (bicyclic) bond motifs is 1. The molecule has 1 aliphatic carbocycles. The van der Waals surface area contributed by atoms with E-state index < -0.39 is 29.0 Å². The summed E-state index contributed by atoms with van der Waals surface area (Å²) in [4.78, 5) is 8.39. The van der Waals surface area contributed by atoms with Crippen molar-refractivity contribution in [3.05, 3.63) is 107 Å². The highest BCUT2D eigenvalue weighted by Crippen LogP contribution is 2.31. The van der Waals surface area contributed by atoms with Gasteiger partial charge in [-0.3, -0.25) is 4.99 Å². The van der Waals surface area contributed by atoms with Gasteiger partial charge in [0.2, 0.25) is 0 Å². The van der Waals surface area contributed by atoms with Crippen molar-refractivity contribution in [2.24, 2.45) is 4.99 Å². The van der Waals surface area contributed by atoms with Gasteiger partial charge >= 0.3 is 6.18 Å². The molecule has 2 unspecified atom stereocenters. The third kappa shape index (κ3) is 5.65. The van der Waals surface area contributed by atoms with E-state index in [9.17, 15) is 27.1 Å². The summed E-state index contributed by atoms with van der Waals surface area (Å²) in [6.07, 6.45) is 4.31. The normalized spacial score (nSPS) is 19.9. The minimum absolute atomic E-state index is 0.0821. The van der Waals surface area contributed by atoms with E-state index in [1.807, 2.05) is 12.2 Å². The molecular formula is C26H23F5N6O. The number of aliphatic imine (C=N–C) groups is 1. The Morgan fingerprint density at radius 2 is 1.87 bits per heavy atom. The molecule has 7 nitrogen and oxygen atoms in total. The molecule has 38 heavy (non-hydrogen) atoms. The Hall–Kier alpha value is -3.90. The van der Waals surface area contributed by atoms with E-state index in [2.05, 4.69) is 20.5 Å². The lowest BCUT2D eigenvalue weighted by molar-refractivity contribution is -0.137. The number of alkyl halides is 3. The number of aromatic nitrogens is 3. The van der Waals surface area contributed by atoms with E-state index in [-0.39, 0.29) is 31.2 Å². The molecule has 2 aliphatic rings. The number of β-amino-alcohol motifs (C(OH)–C–C–N with tert-alkyl or cyclic N) is 1. The van der Waals surface area contributed by atoms with Crippen molar-refractivity contribution in [3.8, 4) is 0 Å². The maximum atomic E-state index is 14.7. The second kappa shape index (κ2) is 10.1. The van der Waals surface area contributed by atoms with Crippen LogP contribution in [0, 0.1) is 11.6 Å². The van der Waals surface area contributed by atoms with E-state index in [4.69, 9.17) is 0 Å². The predicted molar refractivity (Wildman–Crippen MR) is 128 cm³/mol. The molecule has 2 N–H and O–H groups in total. The van der Waals surface area contributed by atoms with E-state index in [0.29, 0.717) is 12.0 Å². The number of aliphatic hydroxyl groups is 1. The van der Waals surface area contributed by atoms with Crippen LogP contribution in [0.15, 0.2) is 84.0 Å². The SMILES string of the molecule is OC(CN1C=C2CC(=NCc3ccc(C(F)(F)F)cc3)C=CC2N1)(Cn1cncn1)c1ccc(F)cc1F. The summed E-state index contributed by atoms with van der Waals surface area (Å²) < 4.78 is 67.9. The van der Waals surface area contributed by atoms with Crippen LogP contribution in [0.5, 0.6) is 0 Å². The highest BCUT2D eigenvalue weighted by atomic mass is 19.4. The first kappa shape index (κ1) is 25.7. The molecule has 2 aromatic carbocycles. The number of halogens is 5. The molecule has 2 atom stereocenters. The van der Waals surface area contributed by atoms with Crippen LogP contribution < -0.4 is 5.43 Å². The van der Waals surface area contributed by atoms with Crippen LogP contribution in [0.3, 0.4) is 0 Å². The molecule has 198 valence electrons. The fraction of sp³-hybridized carbons (Fsp3) is 0.269. The Balaban J connectivity index is 1.30. The van der Waals surface area contributed by atoms with Crippen LogP contribution in [0.25, 0.3) is 0 Å². The number of rotatable bonds is 7. The molecule has 0 spiro atoms. The molecule has 1 aliphatic heterocycles. The molecule has 5 rings (SSSR count). The van der Waals surface area contributed by atoms with Crippen molar-refractivity contribution in [1.82, 2.24) is 25.2 Å². The predicted octanol–water partition coefficient (Wildman–Crippen LogP) is 4.14. The number of benzene rings is 2.